The molecule has 0 aromatic heterocycles. The molecule has 1 fully saturated rings. The van der Waals surface area contributed by atoms with E-state index in [0.29, 0.717) is 12.0 Å². The molecule has 25 nitrogen and oxygen atoms in total. The number of hydrogen-bond donors (Lipinski definition) is 13. The Bertz CT molecular complexity index is 1990. The lowest BCUT2D eigenvalue weighted by molar-refractivity contribution is -0.144. The highest BCUT2D eigenvalue weighted by Crippen LogP contribution is 2.21. The Morgan fingerprint density at radius 2 is 1.20 bits per heavy atom. The van der Waals surface area contributed by atoms with Gasteiger partial charge in [-0.25, -0.2) is 4.79 Å². The van der Waals surface area contributed by atoms with Crippen LogP contribution in [0.3, 0.4) is 0 Å². The number of primary amides is 2. The van der Waals surface area contributed by atoms with E-state index in [1.165, 1.54) is 6.92 Å². The summed E-state index contributed by atoms with van der Waals surface area (Å²) in [6.07, 6.45) is -2.20. The molecule has 1 aromatic carbocycles. The van der Waals surface area contributed by atoms with Crippen LogP contribution in [-0.2, 0) is 59.2 Å². The summed E-state index contributed by atoms with van der Waals surface area (Å²) >= 11 is 0. The highest BCUT2D eigenvalue weighted by molar-refractivity contribution is 5.98. The van der Waals surface area contributed by atoms with Crippen molar-refractivity contribution in [1.29, 1.82) is 0 Å². The summed E-state index contributed by atoms with van der Waals surface area (Å²) in [6.45, 7) is 6.13. The second-order valence-electron chi connectivity index (χ2n) is 17.2. The van der Waals surface area contributed by atoms with Gasteiger partial charge < -0.3 is 74.6 Å². The zero-order valence-corrected chi connectivity index (χ0v) is 39.5. The topological polar surface area (TPSA) is 414 Å². The van der Waals surface area contributed by atoms with Crippen LogP contribution in [0.15, 0.2) is 30.3 Å². The van der Waals surface area contributed by atoms with E-state index >= 15 is 0 Å². The van der Waals surface area contributed by atoms with Crippen molar-refractivity contribution < 1.29 is 68.1 Å². The van der Waals surface area contributed by atoms with Gasteiger partial charge in [-0.05, 0) is 50.0 Å². The Hall–Kier alpha value is -6.73. The quantitative estimate of drug-likeness (QED) is 0.0359. The molecule has 10 amide bonds. The first-order valence-electron chi connectivity index (χ1n) is 22.7. The van der Waals surface area contributed by atoms with Crippen LogP contribution in [0.5, 0.6) is 0 Å². The number of nitrogens with zero attached hydrogens (tertiary/aromatic N) is 1. The number of nitrogens with two attached hydrogens (primary N) is 3. The van der Waals surface area contributed by atoms with E-state index in [-0.39, 0.29) is 45.1 Å². The molecule has 384 valence electrons. The van der Waals surface area contributed by atoms with Crippen molar-refractivity contribution in [2.75, 3.05) is 19.7 Å². The lowest BCUT2D eigenvalue weighted by Gasteiger charge is -2.32. The Kier molecular flexibility index (Phi) is 24.2. The van der Waals surface area contributed by atoms with E-state index < -0.39 is 151 Å². The molecular weight excluding hydrogens is 907 g/mol. The molecule has 0 spiro atoms. The maximum absolute atomic E-state index is 14.2. The molecule has 10 atom stereocenters. The highest BCUT2D eigenvalue weighted by Gasteiger charge is 2.41. The minimum absolute atomic E-state index is 0.0136. The molecule has 0 radical (unpaired) electrons. The molecule has 1 heterocycles. The Morgan fingerprint density at radius 1 is 0.681 bits per heavy atom. The number of aliphatic hydroxyl groups excluding tert-OH is 2. The van der Waals surface area contributed by atoms with E-state index in [1.807, 2.05) is 0 Å². The van der Waals surface area contributed by atoms with Crippen LogP contribution in [0, 0.1) is 11.8 Å². The number of aliphatic hydroxyl groups is 2. The van der Waals surface area contributed by atoms with Gasteiger partial charge in [0.25, 0.3) is 0 Å². The van der Waals surface area contributed by atoms with Crippen molar-refractivity contribution in [1.82, 2.24) is 42.1 Å². The molecule has 0 aliphatic carbocycles. The Morgan fingerprint density at radius 3 is 1.72 bits per heavy atom. The monoisotopic (exact) mass is 976 g/mol. The minimum atomic E-state index is -1.69. The van der Waals surface area contributed by atoms with Crippen molar-refractivity contribution in [3.63, 3.8) is 0 Å². The van der Waals surface area contributed by atoms with Gasteiger partial charge in [-0.2, -0.15) is 0 Å². The summed E-state index contributed by atoms with van der Waals surface area (Å²) in [5.41, 5.74) is 16.6. The van der Waals surface area contributed by atoms with E-state index in [0.717, 1.165) is 4.90 Å². The third-order valence-corrected chi connectivity index (χ3v) is 11.5. The molecule has 0 bridgehead atoms. The zero-order valence-electron chi connectivity index (χ0n) is 39.5. The number of carbonyl (C=O) groups is 11. The zero-order chi connectivity index (χ0) is 52.1. The van der Waals surface area contributed by atoms with Crippen LogP contribution in [0.2, 0.25) is 0 Å². The lowest BCUT2D eigenvalue weighted by atomic mass is 9.97. The fraction of sp³-hybridized carbons (Fsp3) is 0.614. The first-order valence-corrected chi connectivity index (χ1v) is 22.7. The fourth-order valence-corrected chi connectivity index (χ4v) is 7.28. The number of aliphatic carboxylic acids is 1. The predicted molar refractivity (Wildman–Crippen MR) is 245 cm³/mol. The summed E-state index contributed by atoms with van der Waals surface area (Å²) in [6, 6.07) is -3.17. The summed E-state index contributed by atoms with van der Waals surface area (Å²) < 4.78 is 0. The molecular formula is C44H69N11O14. The Balaban J connectivity index is 2.27. The van der Waals surface area contributed by atoms with Gasteiger partial charge in [0, 0.05) is 25.8 Å². The summed E-state index contributed by atoms with van der Waals surface area (Å²) in [5.74, 6) is -11.5. The van der Waals surface area contributed by atoms with Gasteiger partial charge in [-0.3, -0.25) is 47.9 Å². The molecule has 2 rings (SSSR count). The van der Waals surface area contributed by atoms with Gasteiger partial charge in [0.2, 0.25) is 59.1 Å². The number of rotatable bonds is 29. The fourth-order valence-electron chi connectivity index (χ4n) is 7.28. The van der Waals surface area contributed by atoms with Crippen molar-refractivity contribution in [3.05, 3.63) is 35.9 Å². The summed E-state index contributed by atoms with van der Waals surface area (Å²) in [4.78, 5) is 144. The number of likely N-dealkylation sites (tertiary alicyclic amines) is 1. The van der Waals surface area contributed by atoms with Crippen molar-refractivity contribution in [2.24, 2.45) is 29.0 Å². The number of amides is 10. The lowest BCUT2D eigenvalue weighted by Crippen LogP contribution is -2.62. The largest absolute Gasteiger partial charge is 0.480 e. The van der Waals surface area contributed by atoms with Gasteiger partial charge in [0.1, 0.15) is 48.3 Å². The first-order chi connectivity index (χ1) is 32.4. The Labute approximate surface area is 399 Å². The SMILES string of the molecule is CC[C@H](C)[C@H](NC(=O)[C@H](CCC(N)=O)NC(=O)CN)C(=O)N[C@@H](CO)C(=O)N[C@H](C(=O)N[C@@H](CCC(N)=O)C(=O)N1CCC[C@H]1C(=O)N[C@H](C(=O)N[C@@H](Cc1ccccc1)C(=O)O)[C@@H](C)O)C(C)C. The number of carboxylic acids is 1. The maximum atomic E-state index is 14.2. The molecule has 1 saturated heterocycles. The minimum Gasteiger partial charge on any atom is -0.480 e. The van der Waals surface area contributed by atoms with Gasteiger partial charge in [-0.1, -0.05) is 64.4 Å². The molecule has 25 heteroatoms. The number of benzene rings is 1. The van der Waals surface area contributed by atoms with Crippen LogP contribution >= 0.6 is 0 Å². The smallest absolute Gasteiger partial charge is 0.326 e. The molecule has 1 aliphatic heterocycles. The van der Waals surface area contributed by atoms with Crippen LogP contribution in [-0.4, -0.2) is 159 Å². The summed E-state index contributed by atoms with van der Waals surface area (Å²) in [5, 5.41) is 47.5. The molecule has 0 unspecified atom stereocenters. The molecule has 1 aromatic rings. The molecule has 69 heavy (non-hydrogen) atoms. The second-order valence-corrected chi connectivity index (χ2v) is 17.2. The average molecular weight is 976 g/mol. The number of hydrogen-bond acceptors (Lipinski definition) is 14. The first kappa shape index (κ1) is 58.4. The van der Waals surface area contributed by atoms with Crippen molar-refractivity contribution >= 4 is 65.0 Å². The molecule has 16 N–H and O–H groups in total. The van der Waals surface area contributed by atoms with Crippen molar-refractivity contribution in [2.45, 2.75) is 140 Å². The van der Waals surface area contributed by atoms with Crippen LogP contribution < -0.4 is 54.4 Å². The maximum Gasteiger partial charge on any atom is 0.326 e. The van der Waals surface area contributed by atoms with Crippen LogP contribution in [0.1, 0.15) is 85.1 Å². The highest BCUT2D eigenvalue weighted by atomic mass is 16.4. The van der Waals surface area contributed by atoms with Gasteiger partial charge in [0.05, 0.1) is 19.3 Å². The third kappa shape index (κ3) is 18.7. The molecule has 1 aliphatic rings. The number of carbonyl (C=O) groups excluding carboxylic acids is 10. The number of carboxylic acid groups (broad SMARTS) is 1. The van der Waals surface area contributed by atoms with Gasteiger partial charge in [-0.15, -0.1) is 0 Å². The number of nitrogens with one attached hydrogen (secondary N) is 7. The predicted octanol–water partition coefficient (Wildman–Crippen LogP) is -4.74. The van der Waals surface area contributed by atoms with E-state index in [4.69, 9.17) is 17.2 Å². The van der Waals surface area contributed by atoms with Gasteiger partial charge >= 0.3 is 5.97 Å². The van der Waals surface area contributed by atoms with Gasteiger partial charge in [0.15, 0.2) is 0 Å². The van der Waals surface area contributed by atoms with Crippen molar-refractivity contribution in [3.8, 4) is 0 Å². The summed E-state index contributed by atoms with van der Waals surface area (Å²) in [7, 11) is 0. The van der Waals surface area contributed by atoms with Crippen LogP contribution in [0.4, 0.5) is 0 Å². The van der Waals surface area contributed by atoms with E-state index in [1.54, 1.807) is 58.0 Å². The second kappa shape index (κ2) is 28.6. The molecule has 0 saturated carbocycles. The van der Waals surface area contributed by atoms with E-state index in [2.05, 4.69) is 37.2 Å². The normalized spacial score (nSPS) is 17.2. The standard InChI is InChI=1S/C44H69N11O14/c1-6-23(4)35(53-37(61)26(14-16-31(46)58)48-33(60)20-45)41(65)51-29(21-56)38(62)52-34(22(2)3)40(64)49-27(15-17-32(47)59)43(67)55-18-10-13-30(55)39(63)54-36(24(5)57)42(66)50-28(44(68)69)19-25-11-8-7-9-12-25/h7-9,11-12,22-24,26-30,34-36,56-57H,6,10,13-21,45H2,1-5H3,(H2,46,58)(H2,47,59)(H,48,60)(H,49,64)(H,50,66)(H,51,65)(H,52,62)(H,53,61)(H,54,63)(H,68,69)/t23-,24+,26-,27-,28-,29-,30-,34-,35-,36-/m0/s1. The van der Waals surface area contributed by atoms with Crippen LogP contribution in [0.25, 0.3) is 0 Å². The third-order valence-electron chi connectivity index (χ3n) is 11.5. The average Bonchev–Trinajstić information content (AvgIpc) is 3.80. The van der Waals surface area contributed by atoms with E-state index in [9.17, 15) is 68.1 Å².